The van der Waals surface area contributed by atoms with Crippen molar-refractivity contribution >= 4 is 8.32 Å². The summed E-state index contributed by atoms with van der Waals surface area (Å²) in [7, 11) is -1.40. The van der Waals surface area contributed by atoms with Gasteiger partial charge in [0.05, 0.1) is 5.60 Å². The molecule has 0 aromatic heterocycles. The summed E-state index contributed by atoms with van der Waals surface area (Å²) in [5.74, 6) is 0. The van der Waals surface area contributed by atoms with E-state index in [0.29, 0.717) is 0 Å². The van der Waals surface area contributed by atoms with Gasteiger partial charge in [0.15, 0.2) is 8.32 Å². The zero-order valence-corrected chi connectivity index (χ0v) is 10.9. The minimum absolute atomic E-state index is 0.0164. The van der Waals surface area contributed by atoms with Gasteiger partial charge in [0, 0.05) is 0 Å². The molecule has 0 rings (SSSR count). The minimum Gasteiger partial charge on any atom is -0.412 e. The van der Waals surface area contributed by atoms with Crippen LogP contribution >= 0.6 is 0 Å². The van der Waals surface area contributed by atoms with Gasteiger partial charge in [-0.3, -0.25) is 0 Å². The summed E-state index contributed by atoms with van der Waals surface area (Å²) in [4.78, 5) is 0. The van der Waals surface area contributed by atoms with E-state index in [4.69, 9.17) is 4.43 Å². The van der Waals surface area contributed by atoms with Crippen LogP contribution in [-0.4, -0.2) is 13.9 Å². The molecular formula is C10H24OSi. The molecule has 0 aliphatic heterocycles. The molecule has 12 heavy (non-hydrogen) atoms. The van der Waals surface area contributed by atoms with Gasteiger partial charge >= 0.3 is 0 Å². The molecule has 0 aromatic carbocycles. The molecule has 0 radical (unpaired) electrons. The number of hydrogen-bond donors (Lipinski definition) is 0. The van der Waals surface area contributed by atoms with Gasteiger partial charge in [0.25, 0.3) is 0 Å². The van der Waals surface area contributed by atoms with Crippen LogP contribution in [0.5, 0.6) is 0 Å². The largest absolute Gasteiger partial charge is 0.412 e. The summed E-state index contributed by atoms with van der Waals surface area (Å²) in [6.07, 6.45) is 0. The molecule has 0 amide bonds. The average Bonchev–Trinajstić information content (AvgIpc) is 1.52. The van der Waals surface area contributed by atoms with E-state index in [1.165, 1.54) is 0 Å². The second-order valence-electron chi connectivity index (χ2n) is 5.97. The first kappa shape index (κ1) is 12.2. The third kappa shape index (κ3) is 3.72. The molecule has 0 saturated carbocycles. The topological polar surface area (TPSA) is 9.23 Å². The van der Waals surface area contributed by atoms with Gasteiger partial charge in [-0.05, 0) is 38.9 Å². The Balaban J connectivity index is 4.44. The predicted octanol–water partition coefficient (Wildman–Crippen LogP) is 3.66. The maximum Gasteiger partial charge on any atom is 0.184 e. The zero-order valence-electron chi connectivity index (χ0n) is 9.91. The van der Waals surface area contributed by atoms with Crippen LogP contribution in [0.15, 0.2) is 0 Å². The highest BCUT2D eigenvalue weighted by molar-refractivity contribution is 6.69. The smallest absolute Gasteiger partial charge is 0.184 e. The molecule has 0 aliphatic rings. The highest BCUT2D eigenvalue weighted by Crippen LogP contribution is 2.35. The van der Waals surface area contributed by atoms with E-state index < -0.39 is 8.32 Å². The molecular weight excluding hydrogens is 164 g/mol. The first-order valence-corrected chi connectivity index (χ1v) is 8.07. The molecule has 1 nitrogen and oxygen atoms in total. The van der Waals surface area contributed by atoms with E-state index in [2.05, 4.69) is 54.3 Å². The Hall–Kier alpha value is 0.177. The lowest BCUT2D eigenvalue weighted by molar-refractivity contribution is -0.00639. The van der Waals surface area contributed by atoms with Crippen molar-refractivity contribution in [2.75, 3.05) is 0 Å². The van der Waals surface area contributed by atoms with Gasteiger partial charge in [-0.2, -0.15) is 0 Å². The van der Waals surface area contributed by atoms with Gasteiger partial charge in [-0.1, -0.05) is 20.8 Å². The molecule has 0 aromatic rings. The van der Waals surface area contributed by atoms with E-state index in [0.717, 1.165) is 0 Å². The van der Waals surface area contributed by atoms with E-state index in [1.807, 2.05) is 0 Å². The summed E-state index contributed by atoms with van der Waals surface area (Å²) in [6.45, 7) is 17.8. The normalized spacial score (nSPS) is 15.0. The Labute approximate surface area is 78.6 Å². The van der Waals surface area contributed by atoms with Crippen molar-refractivity contribution in [3.8, 4) is 0 Å². The molecule has 0 N–H and O–H groups in total. The molecule has 0 fully saturated rings. The van der Waals surface area contributed by atoms with Gasteiger partial charge in [0.2, 0.25) is 0 Å². The molecule has 0 unspecified atom stereocenters. The van der Waals surface area contributed by atoms with Crippen LogP contribution in [0.3, 0.4) is 0 Å². The Bertz CT molecular complexity index is 148. The molecule has 0 spiro atoms. The molecule has 2 heteroatoms. The maximum atomic E-state index is 6.13. The molecule has 0 saturated heterocycles. The second-order valence-corrected chi connectivity index (χ2v) is 10.4. The summed E-state index contributed by atoms with van der Waals surface area (Å²) in [6, 6.07) is 0. The average molecular weight is 188 g/mol. The first-order valence-electron chi connectivity index (χ1n) is 4.66. The van der Waals surface area contributed by atoms with Gasteiger partial charge in [0.1, 0.15) is 0 Å². The summed E-state index contributed by atoms with van der Waals surface area (Å²) >= 11 is 0. The van der Waals surface area contributed by atoms with Gasteiger partial charge in [-0.25, -0.2) is 0 Å². The second kappa shape index (κ2) is 3.15. The Morgan fingerprint density at radius 1 is 0.833 bits per heavy atom. The van der Waals surface area contributed by atoms with Crippen LogP contribution in [0.4, 0.5) is 0 Å². The lowest BCUT2D eigenvalue weighted by Gasteiger charge is -2.43. The van der Waals surface area contributed by atoms with Crippen molar-refractivity contribution in [1.29, 1.82) is 0 Å². The third-order valence-electron chi connectivity index (χ3n) is 2.37. The summed E-state index contributed by atoms with van der Waals surface area (Å²) < 4.78 is 6.13. The van der Waals surface area contributed by atoms with Gasteiger partial charge in [-0.15, -0.1) is 0 Å². The fourth-order valence-electron chi connectivity index (χ4n) is 0.919. The van der Waals surface area contributed by atoms with E-state index >= 15 is 0 Å². The predicted molar refractivity (Wildman–Crippen MR) is 58.0 cm³/mol. The quantitative estimate of drug-likeness (QED) is 0.601. The van der Waals surface area contributed by atoms with Crippen LogP contribution < -0.4 is 0 Å². The zero-order chi connectivity index (χ0) is 10.2. The highest BCUT2D eigenvalue weighted by atomic mass is 28.4. The maximum absolute atomic E-state index is 6.13. The van der Waals surface area contributed by atoms with Gasteiger partial charge < -0.3 is 4.43 Å². The standard InChI is InChI=1S/C10H24OSi/c1-9(2,3)10(4,5)11-12(6,7)8/h1-8H3. The van der Waals surface area contributed by atoms with Crippen molar-refractivity contribution in [3.05, 3.63) is 0 Å². The molecule has 0 atom stereocenters. The third-order valence-corrected chi connectivity index (χ3v) is 3.49. The summed E-state index contributed by atoms with van der Waals surface area (Å²) in [5, 5.41) is 0. The van der Waals surface area contributed by atoms with E-state index in [1.54, 1.807) is 0 Å². The van der Waals surface area contributed by atoms with Crippen molar-refractivity contribution in [2.45, 2.75) is 59.9 Å². The monoisotopic (exact) mass is 188 g/mol. The Morgan fingerprint density at radius 2 is 1.17 bits per heavy atom. The van der Waals surface area contributed by atoms with Crippen LogP contribution in [0.1, 0.15) is 34.6 Å². The van der Waals surface area contributed by atoms with Crippen LogP contribution in [-0.2, 0) is 4.43 Å². The Morgan fingerprint density at radius 3 is 1.25 bits per heavy atom. The first-order chi connectivity index (χ1) is 4.96. The Kier molecular flexibility index (Phi) is 3.19. The van der Waals surface area contributed by atoms with Crippen molar-refractivity contribution in [1.82, 2.24) is 0 Å². The van der Waals surface area contributed by atoms with Crippen molar-refractivity contribution < 1.29 is 4.43 Å². The van der Waals surface area contributed by atoms with E-state index in [-0.39, 0.29) is 11.0 Å². The van der Waals surface area contributed by atoms with E-state index in [9.17, 15) is 0 Å². The fraction of sp³-hybridized carbons (Fsp3) is 1.00. The molecule has 0 heterocycles. The van der Waals surface area contributed by atoms with Crippen LogP contribution in [0.2, 0.25) is 19.6 Å². The molecule has 0 bridgehead atoms. The van der Waals surface area contributed by atoms with Crippen LogP contribution in [0, 0.1) is 5.41 Å². The summed E-state index contributed by atoms with van der Waals surface area (Å²) in [5.41, 5.74) is 0.199. The lowest BCUT2D eigenvalue weighted by Crippen LogP contribution is -2.46. The highest BCUT2D eigenvalue weighted by Gasteiger charge is 2.37. The fourth-order valence-corrected chi connectivity index (χ4v) is 2.76. The molecule has 74 valence electrons. The SMILES string of the molecule is CC(C)(C)C(C)(C)O[Si](C)(C)C. The van der Waals surface area contributed by atoms with Crippen molar-refractivity contribution in [2.24, 2.45) is 5.41 Å². The number of rotatable bonds is 2. The van der Waals surface area contributed by atoms with Crippen LogP contribution in [0.25, 0.3) is 0 Å². The number of hydrogen-bond acceptors (Lipinski definition) is 1. The lowest BCUT2D eigenvalue weighted by atomic mass is 9.79. The van der Waals surface area contributed by atoms with Crippen molar-refractivity contribution in [3.63, 3.8) is 0 Å². The minimum atomic E-state index is -1.40. The molecule has 0 aliphatic carbocycles.